The van der Waals surface area contributed by atoms with Gasteiger partial charge < -0.3 is 9.52 Å². The monoisotopic (exact) mass is 311 g/mol. The van der Waals surface area contributed by atoms with Crippen molar-refractivity contribution in [1.29, 1.82) is 0 Å². The fourth-order valence-electron chi connectivity index (χ4n) is 2.07. The topological polar surface area (TPSA) is 96.6 Å². The molecule has 6 nitrogen and oxygen atoms in total. The van der Waals surface area contributed by atoms with Crippen LogP contribution in [0.4, 0.5) is 0 Å². The minimum absolute atomic E-state index is 0.0484. The predicted molar refractivity (Wildman–Crippen MR) is 77.5 cm³/mol. The van der Waals surface area contributed by atoms with Crippen LogP contribution >= 0.6 is 0 Å². The van der Waals surface area contributed by atoms with E-state index in [4.69, 9.17) is 9.52 Å². The van der Waals surface area contributed by atoms with Gasteiger partial charge in [0.25, 0.3) is 0 Å². The lowest BCUT2D eigenvalue weighted by Crippen LogP contribution is -2.40. The lowest BCUT2D eigenvalue weighted by Gasteiger charge is -2.14. The molecule has 7 heteroatoms. The zero-order chi connectivity index (χ0) is 15.5. The van der Waals surface area contributed by atoms with Gasteiger partial charge in [0.15, 0.2) is 5.58 Å². The molecule has 0 bridgehead atoms. The summed E-state index contributed by atoms with van der Waals surface area (Å²) in [5.41, 5.74) is 0.227. The van der Waals surface area contributed by atoms with Crippen LogP contribution < -0.4 is 4.72 Å². The normalized spacial score (nSPS) is 13.4. The van der Waals surface area contributed by atoms with Crippen molar-refractivity contribution in [3.05, 3.63) is 30.5 Å². The molecule has 0 aliphatic rings. The first-order valence-corrected chi connectivity index (χ1v) is 8.15. The number of furan rings is 1. The summed E-state index contributed by atoms with van der Waals surface area (Å²) in [6.07, 6.45) is 3.07. The molecule has 0 radical (unpaired) electrons. The first kappa shape index (κ1) is 15.5. The molecule has 0 spiro atoms. The van der Waals surface area contributed by atoms with Gasteiger partial charge in [-0.1, -0.05) is 31.9 Å². The average molecular weight is 311 g/mol. The highest BCUT2D eigenvalue weighted by atomic mass is 32.2. The van der Waals surface area contributed by atoms with Crippen LogP contribution in [0.5, 0.6) is 0 Å². The minimum Gasteiger partial charge on any atom is -0.480 e. The summed E-state index contributed by atoms with van der Waals surface area (Å²) >= 11 is 0. The van der Waals surface area contributed by atoms with Crippen LogP contribution in [0.1, 0.15) is 26.2 Å². The number of hydrogen-bond acceptors (Lipinski definition) is 4. The van der Waals surface area contributed by atoms with Gasteiger partial charge in [0.1, 0.15) is 10.9 Å². The van der Waals surface area contributed by atoms with E-state index in [1.165, 1.54) is 12.3 Å². The summed E-state index contributed by atoms with van der Waals surface area (Å²) in [7, 11) is -3.96. The molecule has 114 valence electrons. The highest BCUT2D eigenvalue weighted by molar-refractivity contribution is 7.89. The van der Waals surface area contributed by atoms with E-state index in [0.717, 1.165) is 6.42 Å². The van der Waals surface area contributed by atoms with Gasteiger partial charge in [0.05, 0.1) is 6.26 Å². The molecule has 21 heavy (non-hydrogen) atoms. The zero-order valence-corrected chi connectivity index (χ0v) is 12.4. The van der Waals surface area contributed by atoms with Gasteiger partial charge in [-0.15, -0.1) is 0 Å². The molecule has 2 N–H and O–H groups in total. The van der Waals surface area contributed by atoms with Crippen LogP contribution in [-0.4, -0.2) is 25.5 Å². The molecular formula is C14H17NO5S. The van der Waals surface area contributed by atoms with Crippen molar-refractivity contribution in [1.82, 2.24) is 4.72 Å². The summed E-state index contributed by atoms with van der Waals surface area (Å²) in [6, 6.07) is 5.23. The molecule has 1 unspecified atom stereocenters. The molecule has 2 aromatic rings. The van der Waals surface area contributed by atoms with Crippen LogP contribution in [0.25, 0.3) is 11.0 Å². The molecule has 1 aromatic heterocycles. The Morgan fingerprint density at radius 2 is 2.14 bits per heavy atom. The Balaban J connectivity index is 2.33. The number of para-hydroxylation sites is 1. The second-order valence-corrected chi connectivity index (χ2v) is 6.43. The summed E-state index contributed by atoms with van der Waals surface area (Å²) in [5.74, 6) is -1.18. The summed E-state index contributed by atoms with van der Waals surface area (Å²) < 4.78 is 32.2. The van der Waals surface area contributed by atoms with Gasteiger partial charge in [-0.2, -0.15) is 4.72 Å². The van der Waals surface area contributed by atoms with E-state index >= 15 is 0 Å². The number of hydrogen-bond donors (Lipinski definition) is 2. The Morgan fingerprint density at radius 3 is 2.81 bits per heavy atom. The summed E-state index contributed by atoms with van der Waals surface area (Å²) in [6.45, 7) is 1.91. The number of rotatable bonds is 7. The van der Waals surface area contributed by atoms with Crippen molar-refractivity contribution in [2.75, 3.05) is 0 Å². The van der Waals surface area contributed by atoms with Crippen molar-refractivity contribution < 1.29 is 22.7 Å². The van der Waals surface area contributed by atoms with Crippen molar-refractivity contribution >= 4 is 27.0 Å². The van der Waals surface area contributed by atoms with Crippen molar-refractivity contribution in [3.8, 4) is 0 Å². The number of benzene rings is 1. The van der Waals surface area contributed by atoms with Crippen LogP contribution in [0.2, 0.25) is 0 Å². The standard InChI is InChI=1S/C14H17NO5S/c1-2-3-6-11(14(16)17)15-21(18,19)12-7-4-5-10-8-9-20-13(10)12/h4-5,7-9,11,15H,2-3,6H2,1H3,(H,16,17). The number of carboxylic acid groups (broad SMARTS) is 1. The third-order valence-corrected chi connectivity index (χ3v) is 4.67. The SMILES string of the molecule is CCCCC(NS(=O)(=O)c1cccc2ccoc12)C(=O)O. The first-order chi connectivity index (χ1) is 9.95. The van der Waals surface area contributed by atoms with Gasteiger partial charge in [-0.25, -0.2) is 8.42 Å². The van der Waals surface area contributed by atoms with E-state index in [1.54, 1.807) is 18.2 Å². The number of carbonyl (C=O) groups is 1. The fourth-order valence-corrected chi connectivity index (χ4v) is 3.46. The quantitative estimate of drug-likeness (QED) is 0.818. The molecule has 1 heterocycles. The average Bonchev–Trinajstić information content (AvgIpc) is 2.91. The molecule has 0 saturated carbocycles. The number of aliphatic carboxylic acids is 1. The molecule has 0 aliphatic carbocycles. The van der Waals surface area contributed by atoms with Gasteiger partial charge in [0.2, 0.25) is 10.0 Å². The number of carboxylic acids is 1. The first-order valence-electron chi connectivity index (χ1n) is 6.67. The lowest BCUT2D eigenvalue weighted by molar-refractivity contribution is -0.139. The highest BCUT2D eigenvalue weighted by Crippen LogP contribution is 2.24. The molecule has 0 amide bonds. The highest BCUT2D eigenvalue weighted by Gasteiger charge is 2.27. The van der Waals surface area contributed by atoms with E-state index < -0.39 is 22.0 Å². The molecular weight excluding hydrogens is 294 g/mol. The van der Waals surface area contributed by atoms with Crippen molar-refractivity contribution in [2.45, 2.75) is 37.1 Å². The summed E-state index contributed by atoms with van der Waals surface area (Å²) in [5, 5.41) is 9.78. The minimum atomic E-state index is -3.96. The predicted octanol–water partition coefficient (Wildman–Crippen LogP) is 2.35. The third-order valence-electron chi connectivity index (χ3n) is 3.17. The number of sulfonamides is 1. The van der Waals surface area contributed by atoms with Gasteiger partial charge in [-0.3, -0.25) is 4.79 Å². The van der Waals surface area contributed by atoms with Crippen LogP contribution in [0.15, 0.2) is 39.8 Å². The van der Waals surface area contributed by atoms with E-state index in [9.17, 15) is 13.2 Å². The molecule has 0 aliphatic heterocycles. The maximum atomic E-state index is 12.4. The van der Waals surface area contributed by atoms with Gasteiger partial charge in [-0.05, 0) is 18.6 Å². The third kappa shape index (κ3) is 3.43. The Kier molecular flexibility index (Phi) is 4.64. The maximum absolute atomic E-state index is 12.4. The van der Waals surface area contributed by atoms with Crippen LogP contribution in [0, 0.1) is 0 Å². The van der Waals surface area contributed by atoms with Crippen molar-refractivity contribution in [2.24, 2.45) is 0 Å². The second-order valence-electron chi connectivity index (χ2n) is 4.75. The number of fused-ring (bicyclic) bond motifs is 1. The zero-order valence-electron chi connectivity index (χ0n) is 11.6. The Labute approximate surface area is 122 Å². The molecule has 0 saturated heterocycles. The van der Waals surface area contributed by atoms with Crippen LogP contribution in [0.3, 0.4) is 0 Å². The van der Waals surface area contributed by atoms with Gasteiger partial charge in [0, 0.05) is 5.39 Å². The van der Waals surface area contributed by atoms with Gasteiger partial charge >= 0.3 is 5.97 Å². The van der Waals surface area contributed by atoms with Crippen molar-refractivity contribution in [3.63, 3.8) is 0 Å². The van der Waals surface area contributed by atoms with Crippen LogP contribution in [-0.2, 0) is 14.8 Å². The smallest absolute Gasteiger partial charge is 0.321 e. The Hall–Kier alpha value is -1.86. The second kappa shape index (κ2) is 6.28. The Bertz CT molecular complexity index is 735. The molecule has 1 aromatic carbocycles. The van der Waals surface area contributed by atoms with E-state index in [2.05, 4.69) is 4.72 Å². The van der Waals surface area contributed by atoms with E-state index in [0.29, 0.717) is 11.8 Å². The molecule has 0 fully saturated rings. The summed E-state index contributed by atoms with van der Waals surface area (Å²) in [4.78, 5) is 11.1. The maximum Gasteiger partial charge on any atom is 0.321 e. The molecule has 1 atom stereocenters. The fraction of sp³-hybridized carbons (Fsp3) is 0.357. The lowest BCUT2D eigenvalue weighted by atomic mass is 10.1. The van der Waals surface area contributed by atoms with E-state index in [-0.39, 0.29) is 16.9 Å². The molecule has 2 rings (SSSR count). The largest absolute Gasteiger partial charge is 0.480 e. The Morgan fingerprint density at radius 1 is 1.38 bits per heavy atom. The number of unbranched alkanes of at least 4 members (excludes halogenated alkanes) is 1. The van der Waals surface area contributed by atoms with E-state index in [1.807, 2.05) is 6.92 Å². The number of nitrogens with one attached hydrogen (secondary N) is 1.